The molecule has 0 radical (unpaired) electrons. The second-order valence-electron chi connectivity index (χ2n) is 4.42. The number of isocyanates is 1. The Hall–Kier alpha value is -2.33. The molecule has 21 heavy (non-hydrogen) atoms. The molecule has 0 aliphatic carbocycles. The molecule has 0 aliphatic rings. The van der Waals surface area contributed by atoms with Crippen LogP contribution in [0.5, 0.6) is 11.5 Å². The summed E-state index contributed by atoms with van der Waals surface area (Å²) in [4.78, 5) is 25.0. The first-order valence-corrected chi connectivity index (χ1v) is 6.78. The summed E-state index contributed by atoms with van der Waals surface area (Å²) in [6, 6.07) is 3.47. The van der Waals surface area contributed by atoms with E-state index in [1.807, 2.05) is 13.0 Å². The highest BCUT2D eigenvalue weighted by molar-refractivity contribution is 5.72. The minimum atomic E-state index is -0.116. The van der Waals surface area contributed by atoms with Crippen LogP contribution in [0.25, 0.3) is 0 Å². The number of carbonyl (C=O) groups is 1. The number of amides is 1. The number of nitrogens with one attached hydrogen (secondary N) is 1. The minimum Gasteiger partial charge on any atom is -0.493 e. The molecule has 6 nitrogen and oxygen atoms in total. The van der Waals surface area contributed by atoms with Crippen molar-refractivity contribution in [3.8, 4) is 11.5 Å². The van der Waals surface area contributed by atoms with Gasteiger partial charge in [0.05, 0.1) is 19.3 Å². The Kier molecular flexibility index (Phi) is 6.98. The van der Waals surface area contributed by atoms with E-state index in [0.29, 0.717) is 30.3 Å². The fourth-order valence-corrected chi connectivity index (χ4v) is 1.87. The summed E-state index contributed by atoms with van der Waals surface area (Å²) in [6.45, 7) is 4.17. The normalized spacial score (nSPS) is 9.67. The van der Waals surface area contributed by atoms with Crippen LogP contribution >= 0.6 is 0 Å². The summed E-state index contributed by atoms with van der Waals surface area (Å²) in [7, 11) is 1.55. The van der Waals surface area contributed by atoms with Crippen molar-refractivity contribution >= 4 is 17.7 Å². The van der Waals surface area contributed by atoms with E-state index in [9.17, 15) is 9.59 Å². The van der Waals surface area contributed by atoms with E-state index < -0.39 is 0 Å². The van der Waals surface area contributed by atoms with Gasteiger partial charge in [0.1, 0.15) is 6.61 Å². The van der Waals surface area contributed by atoms with E-state index in [-0.39, 0.29) is 5.91 Å². The van der Waals surface area contributed by atoms with E-state index in [4.69, 9.17) is 9.47 Å². The summed E-state index contributed by atoms with van der Waals surface area (Å²) in [5.74, 6) is 0.943. The smallest absolute Gasteiger partial charge is 0.240 e. The zero-order chi connectivity index (χ0) is 15.7. The zero-order valence-corrected chi connectivity index (χ0v) is 12.6. The van der Waals surface area contributed by atoms with Crippen molar-refractivity contribution in [2.45, 2.75) is 26.7 Å². The lowest BCUT2D eigenvalue weighted by atomic mass is 10.1. The van der Waals surface area contributed by atoms with Crippen LogP contribution in [0, 0.1) is 0 Å². The molecule has 1 aromatic carbocycles. The number of aryl methyl sites for hydroxylation is 1. The number of benzene rings is 1. The number of aliphatic imine (C=N–C) groups is 1. The highest BCUT2D eigenvalue weighted by atomic mass is 16.5. The van der Waals surface area contributed by atoms with Gasteiger partial charge in [-0.05, 0) is 18.1 Å². The van der Waals surface area contributed by atoms with E-state index >= 15 is 0 Å². The third kappa shape index (κ3) is 5.28. The van der Waals surface area contributed by atoms with Gasteiger partial charge in [0.15, 0.2) is 11.5 Å². The second-order valence-corrected chi connectivity index (χ2v) is 4.42. The minimum absolute atomic E-state index is 0.116. The lowest BCUT2D eigenvalue weighted by Crippen LogP contribution is -2.25. The summed E-state index contributed by atoms with van der Waals surface area (Å²) in [6.07, 6.45) is 3.26. The van der Waals surface area contributed by atoms with Crippen LogP contribution in [-0.2, 0) is 16.0 Å². The molecule has 1 rings (SSSR count). The fourth-order valence-electron chi connectivity index (χ4n) is 1.87. The molecule has 0 bridgehead atoms. The van der Waals surface area contributed by atoms with Gasteiger partial charge in [-0.1, -0.05) is 13.3 Å². The highest BCUT2D eigenvalue weighted by Crippen LogP contribution is 2.35. The van der Waals surface area contributed by atoms with Crippen LogP contribution in [0.4, 0.5) is 5.69 Å². The van der Waals surface area contributed by atoms with E-state index in [0.717, 1.165) is 18.4 Å². The number of methoxy groups -OCH3 is 1. The van der Waals surface area contributed by atoms with Gasteiger partial charge in [0.2, 0.25) is 12.0 Å². The summed E-state index contributed by atoms with van der Waals surface area (Å²) in [5, 5.41) is 2.63. The zero-order valence-electron chi connectivity index (χ0n) is 12.6. The van der Waals surface area contributed by atoms with E-state index in [1.54, 1.807) is 19.3 Å². The van der Waals surface area contributed by atoms with Gasteiger partial charge in [-0.3, -0.25) is 4.79 Å². The molecule has 0 heterocycles. The lowest BCUT2D eigenvalue weighted by molar-refractivity contribution is -0.119. The molecule has 6 heteroatoms. The molecule has 0 spiro atoms. The van der Waals surface area contributed by atoms with Crippen LogP contribution in [0.2, 0.25) is 0 Å². The van der Waals surface area contributed by atoms with Crippen LogP contribution in [-0.4, -0.2) is 32.2 Å². The molecule has 0 aromatic heterocycles. The molecular formula is C15H20N2O4. The van der Waals surface area contributed by atoms with Crippen molar-refractivity contribution in [1.82, 2.24) is 5.32 Å². The fraction of sp³-hybridized carbons (Fsp3) is 0.467. The Morgan fingerprint density at radius 1 is 1.38 bits per heavy atom. The molecule has 0 fully saturated rings. The molecule has 1 amide bonds. The lowest BCUT2D eigenvalue weighted by Gasteiger charge is -2.14. The number of rotatable bonds is 8. The van der Waals surface area contributed by atoms with Gasteiger partial charge < -0.3 is 14.8 Å². The Morgan fingerprint density at radius 2 is 2.14 bits per heavy atom. The summed E-state index contributed by atoms with van der Waals surface area (Å²) < 4.78 is 10.9. The number of hydrogen-bond acceptors (Lipinski definition) is 5. The van der Waals surface area contributed by atoms with Gasteiger partial charge >= 0.3 is 0 Å². The van der Waals surface area contributed by atoms with Crippen molar-refractivity contribution in [2.75, 3.05) is 20.3 Å². The van der Waals surface area contributed by atoms with Gasteiger partial charge in [-0.2, -0.15) is 4.99 Å². The average molecular weight is 292 g/mol. The van der Waals surface area contributed by atoms with Gasteiger partial charge in [0, 0.05) is 13.0 Å². The largest absolute Gasteiger partial charge is 0.493 e. The Balaban J connectivity index is 2.93. The molecule has 0 atom stereocenters. The first-order valence-electron chi connectivity index (χ1n) is 6.78. The van der Waals surface area contributed by atoms with Gasteiger partial charge in [-0.15, -0.1) is 0 Å². The maximum absolute atomic E-state index is 10.8. The van der Waals surface area contributed by atoms with Crippen molar-refractivity contribution in [3.63, 3.8) is 0 Å². The molecular weight excluding hydrogens is 272 g/mol. The Bertz CT molecular complexity index is 537. The SMILES string of the molecule is CCCc1cc(OC)c(OCCNC(C)=O)cc1N=C=O. The summed E-state index contributed by atoms with van der Waals surface area (Å²) in [5.41, 5.74) is 1.44. The predicted octanol–water partition coefficient (Wildman–Crippen LogP) is 2.13. The van der Waals surface area contributed by atoms with E-state index in [1.165, 1.54) is 6.92 Å². The molecule has 0 aliphatic heterocycles. The molecule has 114 valence electrons. The topological polar surface area (TPSA) is 77.0 Å². The van der Waals surface area contributed by atoms with Gasteiger partial charge in [-0.25, -0.2) is 4.79 Å². The highest BCUT2D eigenvalue weighted by Gasteiger charge is 2.11. The predicted molar refractivity (Wildman–Crippen MR) is 78.9 cm³/mol. The third-order valence-corrected chi connectivity index (χ3v) is 2.78. The molecule has 0 saturated heterocycles. The van der Waals surface area contributed by atoms with Crippen molar-refractivity contribution in [1.29, 1.82) is 0 Å². The van der Waals surface area contributed by atoms with Crippen molar-refractivity contribution in [3.05, 3.63) is 17.7 Å². The second kappa shape index (κ2) is 8.76. The Morgan fingerprint density at radius 3 is 2.71 bits per heavy atom. The molecule has 0 unspecified atom stereocenters. The van der Waals surface area contributed by atoms with Crippen LogP contribution < -0.4 is 14.8 Å². The van der Waals surface area contributed by atoms with Crippen molar-refractivity contribution < 1.29 is 19.1 Å². The van der Waals surface area contributed by atoms with Gasteiger partial charge in [0.25, 0.3) is 0 Å². The van der Waals surface area contributed by atoms with Crippen LogP contribution in [0.3, 0.4) is 0 Å². The first kappa shape index (κ1) is 16.7. The molecule has 0 saturated carbocycles. The van der Waals surface area contributed by atoms with E-state index in [2.05, 4.69) is 10.3 Å². The number of carbonyl (C=O) groups excluding carboxylic acids is 2. The number of nitrogens with zero attached hydrogens (tertiary/aromatic N) is 1. The third-order valence-electron chi connectivity index (χ3n) is 2.78. The number of hydrogen-bond donors (Lipinski definition) is 1. The maximum atomic E-state index is 10.8. The monoisotopic (exact) mass is 292 g/mol. The quantitative estimate of drug-likeness (QED) is 0.452. The first-order chi connectivity index (χ1) is 10.1. The Labute approximate surface area is 124 Å². The standard InChI is InChI=1S/C15H20N2O4/c1-4-5-12-8-14(20-3)15(9-13(12)17-10-18)21-7-6-16-11(2)19/h8-9H,4-7H2,1-3H3,(H,16,19). The van der Waals surface area contributed by atoms with Crippen LogP contribution in [0.1, 0.15) is 25.8 Å². The maximum Gasteiger partial charge on any atom is 0.240 e. The van der Waals surface area contributed by atoms with Crippen molar-refractivity contribution in [2.24, 2.45) is 4.99 Å². The summed E-state index contributed by atoms with van der Waals surface area (Å²) >= 11 is 0. The molecule has 1 aromatic rings. The van der Waals surface area contributed by atoms with Crippen LogP contribution in [0.15, 0.2) is 17.1 Å². The average Bonchev–Trinajstić information content (AvgIpc) is 2.46. The molecule has 1 N–H and O–H groups in total. The number of ether oxygens (including phenoxy) is 2.